The van der Waals surface area contributed by atoms with E-state index in [9.17, 15) is 19.5 Å². The Hall–Kier alpha value is -2.78. The number of hydrogen-bond donors (Lipinski definition) is 1. The number of benzene rings is 1. The van der Waals surface area contributed by atoms with Gasteiger partial charge in [0.25, 0.3) is 5.91 Å². The van der Waals surface area contributed by atoms with Crippen molar-refractivity contribution in [2.75, 3.05) is 38.8 Å². The molecule has 8 nitrogen and oxygen atoms in total. The molecular formula is C27H33N3O5S. The molecular weight excluding hydrogens is 478 g/mol. The molecule has 1 spiro atoms. The van der Waals surface area contributed by atoms with Crippen LogP contribution in [0.4, 0.5) is 5.69 Å². The molecule has 3 amide bonds. The molecule has 4 aliphatic rings. The number of aliphatic hydroxyl groups excluding tert-OH is 1. The summed E-state index contributed by atoms with van der Waals surface area (Å²) in [6, 6.07) is 5.92. The number of carbonyl (C=O) groups is 3. The number of rotatable bonds is 5. The smallest absolute Gasteiger partial charge is 0.251 e. The number of fused-ring (bicyclic) bond motifs is 2. The molecule has 4 aliphatic heterocycles. The van der Waals surface area contributed by atoms with Gasteiger partial charge in [-0.05, 0) is 37.6 Å². The van der Waals surface area contributed by atoms with Crippen LogP contribution in [0.2, 0.25) is 0 Å². The number of anilines is 1. The van der Waals surface area contributed by atoms with Gasteiger partial charge in [0.15, 0.2) is 0 Å². The first-order valence-corrected chi connectivity index (χ1v) is 13.2. The van der Waals surface area contributed by atoms with E-state index in [2.05, 4.69) is 0 Å². The minimum atomic E-state index is -0.921. The predicted molar refractivity (Wildman–Crippen MR) is 139 cm³/mol. The molecule has 1 aromatic rings. The normalized spacial score (nSPS) is 34.3. The summed E-state index contributed by atoms with van der Waals surface area (Å²) in [5.74, 6) is -1.14. The highest BCUT2D eigenvalue weighted by Crippen LogP contribution is 2.65. The molecule has 0 aromatic heterocycles. The van der Waals surface area contributed by atoms with Crippen LogP contribution in [0.25, 0.3) is 0 Å². The largest absolute Gasteiger partial charge is 0.497 e. The van der Waals surface area contributed by atoms with Crippen molar-refractivity contribution in [3.63, 3.8) is 0 Å². The van der Waals surface area contributed by atoms with Crippen LogP contribution < -0.4 is 9.64 Å². The first kappa shape index (κ1) is 24.9. The van der Waals surface area contributed by atoms with Crippen molar-refractivity contribution < 1.29 is 24.2 Å². The fourth-order valence-corrected chi connectivity index (χ4v) is 8.53. The number of hydrogen-bond acceptors (Lipinski definition) is 6. The number of likely N-dealkylation sites (tertiary alicyclic amines) is 1. The second kappa shape index (κ2) is 8.95. The van der Waals surface area contributed by atoms with Gasteiger partial charge in [-0.1, -0.05) is 31.2 Å². The molecule has 0 bridgehead atoms. The number of methoxy groups -OCH3 is 1. The third kappa shape index (κ3) is 3.43. The van der Waals surface area contributed by atoms with Gasteiger partial charge in [0.1, 0.15) is 11.8 Å². The van der Waals surface area contributed by atoms with Crippen molar-refractivity contribution in [3.05, 3.63) is 48.6 Å². The Balaban J connectivity index is 1.66. The van der Waals surface area contributed by atoms with E-state index in [1.807, 2.05) is 50.3 Å². The number of carbonyl (C=O) groups excluding carboxylic acids is 3. The Kier molecular flexibility index (Phi) is 6.19. The van der Waals surface area contributed by atoms with E-state index >= 15 is 0 Å². The monoisotopic (exact) mass is 511 g/mol. The van der Waals surface area contributed by atoms with Crippen LogP contribution in [0.5, 0.6) is 5.75 Å². The third-order valence-electron chi connectivity index (χ3n) is 8.16. The highest BCUT2D eigenvalue weighted by Gasteiger charge is 2.74. The van der Waals surface area contributed by atoms with E-state index in [0.717, 1.165) is 0 Å². The molecule has 1 unspecified atom stereocenters. The molecule has 1 N–H and O–H groups in total. The van der Waals surface area contributed by atoms with Crippen molar-refractivity contribution in [2.45, 2.75) is 41.8 Å². The number of aliphatic hydroxyl groups is 1. The van der Waals surface area contributed by atoms with Crippen molar-refractivity contribution in [1.82, 2.24) is 9.80 Å². The molecule has 5 rings (SSSR count). The molecule has 0 aliphatic carbocycles. The lowest BCUT2D eigenvalue weighted by molar-refractivity contribution is -0.144. The van der Waals surface area contributed by atoms with Gasteiger partial charge in [-0.25, -0.2) is 0 Å². The summed E-state index contributed by atoms with van der Waals surface area (Å²) in [5.41, 5.74) is 0.703. The lowest BCUT2D eigenvalue weighted by atomic mass is 9.74. The van der Waals surface area contributed by atoms with Gasteiger partial charge >= 0.3 is 0 Å². The molecule has 6 atom stereocenters. The number of amides is 3. The molecule has 2 saturated heterocycles. The second-order valence-corrected chi connectivity index (χ2v) is 11.9. The lowest BCUT2D eigenvalue weighted by Gasteiger charge is -2.39. The zero-order chi connectivity index (χ0) is 25.8. The summed E-state index contributed by atoms with van der Waals surface area (Å²) in [7, 11) is 3.35. The molecule has 9 heteroatoms. The molecule has 0 saturated carbocycles. The van der Waals surface area contributed by atoms with E-state index in [1.165, 1.54) is 0 Å². The van der Waals surface area contributed by atoms with E-state index in [0.29, 0.717) is 30.9 Å². The first-order valence-electron chi connectivity index (χ1n) is 12.4. The lowest BCUT2D eigenvalue weighted by Crippen LogP contribution is -2.56. The van der Waals surface area contributed by atoms with Crippen LogP contribution in [0, 0.1) is 11.8 Å². The summed E-state index contributed by atoms with van der Waals surface area (Å²) >= 11 is 1.55. The van der Waals surface area contributed by atoms with Crippen LogP contribution in [-0.4, -0.2) is 88.1 Å². The van der Waals surface area contributed by atoms with Crippen molar-refractivity contribution in [2.24, 2.45) is 11.8 Å². The number of likely N-dealkylation sites (N-methyl/N-ethyl adjacent to an activating group) is 1. The van der Waals surface area contributed by atoms with Gasteiger partial charge in [0, 0.05) is 30.6 Å². The molecule has 192 valence electrons. The summed E-state index contributed by atoms with van der Waals surface area (Å²) in [6.07, 6.45) is 8.47. The van der Waals surface area contributed by atoms with Gasteiger partial charge in [-0.15, -0.1) is 11.8 Å². The topological polar surface area (TPSA) is 90.4 Å². The van der Waals surface area contributed by atoms with Crippen LogP contribution in [-0.2, 0) is 14.4 Å². The molecule has 4 heterocycles. The fourth-order valence-electron chi connectivity index (χ4n) is 6.38. The second-order valence-electron chi connectivity index (χ2n) is 10.2. The van der Waals surface area contributed by atoms with Crippen LogP contribution in [0.1, 0.15) is 20.3 Å². The quantitative estimate of drug-likeness (QED) is 0.609. The molecule has 0 radical (unpaired) electrons. The summed E-state index contributed by atoms with van der Waals surface area (Å²) in [5, 5.41) is 10.2. The summed E-state index contributed by atoms with van der Waals surface area (Å²) in [6.45, 7) is 4.49. The Morgan fingerprint density at radius 2 is 1.75 bits per heavy atom. The zero-order valence-electron chi connectivity index (χ0n) is 21.1. The van der Waals surface area contributed by atoms with Crippen LogP contribution in [0.3, 0.4) is 0 Å². The van der Waals surface area contributed by atoms with Crippen LogP contribution in [0.15, 0.2) is 48.6 Å². The maximum atomic E-state index is 14.4. The van der Waals surface area contributed by atoms with E-state index in [-0.39, 0.29) is 24.3 Å². The summed E-state index contributed by atoms with van der Waals surface area (Å²) < 4.78 is 3.72. The van der Waals surface area contributed by atoms with Gasteiger partial charge < -0.3 is 24.5 Å². The van der Waals surface area contributed by atoms with E-state index in [4.69, 9.17) is 4.74 Å². The molecule has 2 fully saturated rings. The van der Waals surface area contributed by atoms with Crippen molar-refractivity contribution >= 4 is 35.2 Å². The SMILES string of the molecule is CC[C@@H](CO)N1C(=O)[C@@H]2[C@H]3C(=O)N(C)CC=C[C@@]3(C)S[C@@]23C=CCN(c2ccc(OC)cc2)C(=O)C13. The van der Waals surface area contributed by atoms with Crippen LogP contribution >= 0.6 is 11.8 Å². The maximum absolute atomic E-state index is 14.4. The fraction of sp³-hybridized carbons (Fsp3) is 0.519. The predicted octanol–water partition coefficient (Wildman–Crippen LogP) is 2.08. The van der Waals surface area contributed by atoms with Gasteiger partial charge in [-0.3, -0.25) is 14.4 Å². The highest BCUT2D eigenvalue weighted by molar-refractivity contribution is 8.02. The zero-order valence-corrected chi connectivity index (χ0v) is 21.9. The van der Waals surface area contributed by atoms with Gasteiger partial charge in [0.2, 0.25) is 11.8 Å². The third-order valence-corrected chi connectivity index (χ3v) is 9.95. The maximum Gasteiger partial charge on any atom is 0.251 e. The van der Waals surface area contributed by atoms with Crippen molar-refractivity contribution in [1.29, 1.82) is 0 Å². The number of thioether (sulfide) groups is 1. The number of ether oxygens (including phenoxy) is 1. The Morgan fingerprint density at radius 3 is 2.39 bits per heavy atom. The van der Waals surface area contributed by atoms with Gasteiger partial charge in [-0.2, -0.15) is 0 Å². The van der Waals surface area contributed by atoms with E-state index < -0.39 is 33.4 Å². The molecule has 1 aromatic carbocycles. The minimum Gasteiger partial charge on any atom is -0.497 e. The average molecular weight is 512 g/mol. The number of nitrogens with zero attached hydrogens (tertiary/aromatic N) is 3. The Labute approximate surface area is 215 Å². The van der Waals surface area contributed by atoms with E-state index in [1.54, 1.807) is 52.8 Å². The van der Waals surface area contributed by atoms with Crippen molar-refractivity contribution in [3.8, 4) is 5.75 Å². The molecule has 36 heavy (non-hydrogen) atoms. The average Bonchev–Trinajstić information content (AvgIpc) is 3.15. The highest BCUT2D eigenvalue weighted by atomic mass is 32.2. The Morgan fingerprint density at radius 1 is 1.06 bits per heavy atom. The first-order chi connectivity index (χ1) is 17.2. The summed E-state index contributed by atoms with van der Waals surface area (Å²) in [4.78, 5) is 47.2. The minimum absolute atomic E-state index is 0.0834. The van der Waals surface area contributed by atoms with Gasteiger partial charge in [0.05, 0.1) is 36.3 Å². The Bertz CT molecular complexity index is 1130. The standard InChI is InChI=1S/C27H33N3O5S/c1-5-17(16-31)30-22-25(34)29(18-8-10-19(35-4)11-9-18)15-7-13-27(22)21(24(30)33)20-23(32)28(3)14-6-12-26(20,2)36-27/h6-13,17,20-22,31H,5,14-16H2,1-4H3/t17-,20-,21-,22?,26+,27-/m0/s1.